The molecule has 0 radical (unpaired) electrons. The first kappa shape index (κ1) is 14.2. The quantitative estimate of drug-likeness (QED) is 0.584. The smallest absolute Gasteiger partial charge is 0.173 e. The molecule has 2 nitrogen and oxygen atoms in total. The van der Waals surface area contributed by atoms with E-state index in [1.165, 1.54) is 10.1 Å². The van der Waals surface area contributed by atoms with Crippen molar-refractivity contribution in [2.45, 2.75) is 26.2 Å². The molecule has 1 aromatic carbocycles. The van der Waals surface area contributed by atoms with Crippen LogP contribution in [0.4, 0.5) is 0 Å². The average Bonchev–Trinajstić information content (AvgIpc) is 2.72. The van der Waals surface area contributed by atoms with Gasteiger partial charge < -0.3 is 4.90 Å². The predicted molar refractivity (Wildman–Crippen MR) is 83.3 cm³/mol. The summed E-state index contributed by atoms with van der Waals surface area (Å²) in [5, 5.41) is 1.23. The van der Waals surface area contributed by atoms with Gasteiger partial charge >= 0.3 is 0 Å². The number of thiophene rings is 1. The first-order valence-corrected chi connectivity index (χ1v) is 7.57. The molecule has 0 aliphatic rings. The molecular weight excluding hydrogens is 254 g/mol. The van der Waals surface area contributed by atoms with Crippen LogP contribution in [0.5, 0.6) is 0 Å². The van der Waals surface area contributed by atoms with Gasteiger partial charge in [-0.1, -0.05) is 18.2 Å². The number of rotatable bonds is 6. The van der Waals surface area contributed by atoms with Crippen molar-refractivity contribution in [3.63, 3.8) is 0 Å². The zero-order valence-electron chi connectivity index (χ0n) is 11.9. The monoisotopic (exact) mass is 275 g/mol. The second kappa shape index (κ2) is 6.31. The maximum Gasteiger partial charge on any atom is 0.173 e. The molecule has 0 spiro atoms. The Morgan fingerprint density at radius 3 is 2.63 bits per heavy atom. The maximum absolute atomic E-state index is 12.3. The van der Waals surface area contributed by atoms with Gasteiger partial charge in [-0.15, -0.1) is 11.3 Å². The third-order valence-electron chi connectivity index (χ3n) is 3.36. The third-order valence-corrected chi connectivity index (χ3v) is 4.67. The van der Waals surface area contributed by atoms with Gasteiger partial charge in [0.05, 0.1) is 4.88 Å². The summed E-state index contributed by atoms with van der Waals surface area (Å²) in [4.78, 5) is 15.4. The molecule has 0 amide bonds. The van der Waals surface area contributed by atoms with Crippen molar-refractivity contribution in [1.29, 1.82) is 0 Å². The highest BCUT2D eigenvalue weighted by Crippen LogP contribution is 2.31. The zero-order valence-corrected chi connectivity index (χ0v) is 12.7. The fraction of sp³-hybridized carbons (Fsp3) is 0.438. The average molecular weight is 275 g/mol. The van der Waals surface area contributed by atoms with E-state index in [0.29, 0.717) is 12.2 Å². The number of unbranched alkanes of at least 4 members (excludes halogenated alkanes) is 1. The van der Waals surface area contributed by atoms with Crippen LogP contribution < -0.4 is 0 Å². The SMILES string of the molecule is Cc1c(C(=O)CCCCN(C)C)sc2ccccc12. The molecule has 0 atom stereocenters. The molecule has 0 saturated carbocycles. The van der Waals surface area contributed by atoms with E-state index in [1.54, 1.807) is 11.3 Å². The number of Topliss-reactive ketones (excluding diaryl/α,β-unsaturated/α-hetero) is 1. The van der Waals surface area contributed by atoms with Crippen LogP contribution in [0.25, 0.3) is 10.1 Å². The molecule has 0 bridgehead atoms. The lowest BCUT2D eigenvalue weighted by Gasteiger charge is -2.08. The van der Waals surface area contributed by atoms with Crippen molar-refractivity contribution >= 4 is 27.2 Å². The predicted octanol–water partition coefficient (Wildman–Crippen LogP) is 4.12. The van der Waals surface area contributed by atoms with Crippen LogP contribution in [0.1, 0.15) is 34.5 Å². The van der Waals surface area contributed by atoms with Gasteiger partial charge in [-0.2, -0.15) is 0 Å². The highest BCUT2D eigenvalue weighted by molar-refractivity contribution is 7.21. The number of fused-ring (bicyclic) bond motifs is 1. The topological polar surface area (TPSA) is 20.3 Å². The van der Waals surface area contributed by atoms with E-state index in [2.05, 4.69) is 38.1 Å². The molecule has 0 aliphatic heterocycles. The van der Waals surface area contributed by atoms with Crippen molar-refractivity contribution in [1.82, 2.24) is 4.90 Å². The molecule has 102 valence electrons. The lowest BCUT2D eigenvalue weighted by Crippen LogP contribution is -2.13. The normalized spacial score (nSPS) is 11.4. The minimum Gasteiger partial charge on any atom is -0.309 e. The van der Waals surface area contributed by atoms with E-state index in [-0.39, 0.29) is 0 Å². The molecule has 3 heteroatoms. The number of hydrogen-bond acceptors (Lipinski definition) is 3. The van der Waals surface area contributed by atoms with E-state index in [0.717, 1.165) is 29.8 Å². The first-order chi connectivity index (χ1) is 9.09. The van der Waals surface area contributed by atoms with Gasteiger partial charge in [-0.05, 0) is 57.4 Å². The number of benzene rings is 1. The Morgan fingerprint density at radius 2 is 1.95 bits per heavy atom. The van der Waals surface area contributed by atoms with Crippen molar-refractivity contribution in [2.75, 3.05) is 20.6 Å². The second-order valence-corrected chi connectivity index (χ2v) is 6.29. The molecule has 1 heterocycles. The minimum atomic E-state index is 0.303. The van der Waals surface area contributed by atoms with Gasteiger partial charge in [0.1, 0.15) is 0 Å². The first-order valence-electron chi connectivity index (χ1n) is 6.75. The molecule has 0 saturated heterocycles. The highest BCUT2D eigenvalue weighted by atomic mass is 32.1. The summed E-state index contributed by atoms with van der Waals surface area (Å²) in [5.41, 5.74) is 1.15. The molecule has 1 aromatic heterocycles. The molecule has 2 rings (SSSR count). The fourth-order valence-electron chi connectivity index (χ4n) is 2.27. The van der Waals surface area contributed by atoms with Crippen LogP contribution in [0.3, 0.4) is 0 Å². The summed E-state index contributed by atoms with van der Waals surface area (Å²) >= 11 is 1.64. The molecule has 2 aromatic rings. The highest BCUT2D eigenvalue weighted by Gasteiger charge is 2.14. The van der Waals surface area contributed by atoms with E-state index in [4.69, 9.17) is 0 Å². The van der Waals surface area contributed by atoms with E-state index < -0.39 is 0 Å². The van der Waals surface area contributed by atoms with Gasteiger partial charge in [0, 0.05) is 11.1 Å². The summed E-state index contributed by atoms with van der Waals surface area (Å²) in [6.07, 6.45) is 2.73. The van der Waals surface area contributed by atoms with Crippen molar-refractivity contribution < 1.29 is 4.79 Å². The summed E-state index contributed by atoms with van der Waals surface area (Å²) in [7, 11) is 4.13. The Morgan fingerprint density at radius 1 is 1.21 bits per heavy atom. The molecule has 0 fully saturated rings. The van der Waals surface area contributed by atoms with Crippen LogP contribution in [-0.4, -0.2) is 31.3 Å². The van der Waals surface area contributed by atoms with Crippen LogP contribution >= 0.6 is 11.3 Å². The Bertz CT molecular complexity index is 571. The van der Waals surface area contributed by atoms with Crippen molar-refractivity contribution in [3.8, 4) is 0 Å². The van der Waals surface area contributed by atoms with E-state index in [1.807, 2.05) is 12.1 Å². The standard InChI is InChI=1S/C16H21NOS/c1-12-13-8-4-5-10-15(13)19-16(12)14(18)9-6-7-11-17(2)3/h4-5,8,10H,6-7,9,11H2,1-3H3. The molecule has 0 N–H and O–H groups in total. The fourth-order valence-corrected chi connectivity index (χ4v) is 3.44. The van der Waals surface area contributed by atoms with Gasteiger partial charge in [0.15, 0.2) is 5.78 Å². The Hall–Kier alpha value is -1.19. The molecule has 0 unspecified atom stereocenters. The Labute approximate surface area is 119 Å². The van der Waals surface area contributed by atoms with Gasteiger partial charge in [-0.25, -0.2) is 0 Å². The van der Waals surface area contributed by atoms with E-state index >= 15 is 0 Å². The summed E-state index contributed by atoms with van der Waals surface area (Å²) < 4.78 is 1.22. The number of carbonyl (C=O) groups excluding carboxylic acids is 1. The van der Waals surface area contributed by atoms with Gasteiger partial charge in [0.25, 0.3) is 0 Å². The molecular formula is C16H21NOS. The van der Waals surface area contributed by atoms with Crippen LogP contribution in [0.15, 0.2) is 24.3 Å². The third kappa shape index (κ3) is 3.43. The lowest BCUT2D eigenvalue weighted by molar-refractivity contribution is 0.0982. The minimum absolute atomic E-state index is 0.303. The molecule has 0 aliphatic carbocycles. The Balaban J connectivity index is 2.03. The number of carbonyl (C=O) groups is 1. The van der Waals surface area contributed by atoms with E-state index in [9.17, 15) is 4.79 Å². The number of ketones is 1. The lowest BCUT2D eigenvalue weighted by atomic mass is 10.1. The number of aryl methyl sites for hydroxylation is 1. The van der Waals surface area contributed by atoms with Gasteiger partial charge in [-0.3, -0.25) is 4.79 Å². The largest absolute Gasteiger partial charge is 0.309 e. The van der Waals surface area contributed by atoms with Crippen LogP contribution in [0.2, 0.25) is 0 Å². The van der Waals surface area contributed by atoms with Gasteiger partial charge in [0.2, 0.25) is 0 Å². The Kier molecular flexibility index (Phi) is 4.72. The maximum atomic E-state index is 12.3. The number of nitrogens with zero attached hydrogens (tertiary/aromatic N) is 1. The van der Waals surface area contributed by atoms with Crippen LogP contribution in [0, 0.1) is 6.92 Å². The second-order valence-electron chi connectivity index (χ2n) is 5.24. The number of hydrogen-bond donors (Lipinski definition) is 0. The summed E-state index contributed by atoms with van der Waals surface area (Å²) in [6, 6.07) is 8.26. The molecule has 19 heavy (non-hydrogen) atoms. The zero-order chi connectivity index (χ0) is 13.8. The van der Waals surface area contributed by atoms with Crippen molar-refractivity contribution in [3.05, 3.63) is 34.7 Å². The summed E-state index contributed by atoms with van der Waals surface area (Å²) in [5.74, 6) is 0.303. The van der Waals surface area contributed by atoms with Crippen LogP contribution in [-0.2, 0) is 0 Å². The van der Waals surface area contributed by atoms with Crippen molar-refractivity contribution in [2.24, 2.45) is 0 Å². The summed E-state index contributed by atoms with van der Waals surface area (Å²) in [6.45, 7) is 3.12.